The number of thiazole rings is 1. The molecule has 1 aromatic heterocycles. The molecule has 1 N–H and O–H groups in total. The Morgan fingerprint density at radius 2 is 1.95 bits per heavy atom. The first-order valence-electron chi connectivity index (χ1n) is 14.3. The molecule has 4 atom stereocenters. The van der Waals surface area contributed by atoms with Gasteiger partial charge in [0.05, 0.1) is 11.6 Å². The third-order valence-electron chi connectivity index (χ3n) is 9.21. The van der Waals surface area contributed by atoms with Gasteiger partial charge in [0.25, 0.3) is 6.43 Å². The lowest BCUT2D eigenvalue weighted by molar-refractivity contribution is -0.142. The summed E-state index contributed by atoms with van der Waals surface area (Å²) in [6, 6.07) is 11.0. The number of alkyl halides is 2. The third kappa shape index (κ3) is 5.36. The fraction of sp³-hybridized carbons (Fsp3) is 0.667. The van der Waals surface area contributed by atoms with Crippen LogP contribution in [0.5, 0.6) is 0 Å². The number of carbonyl (C=O) groups excluding carboxylic acids is 1. The van der Waals surface area contributed by atoms with Crippen LogP contribution in [0, 0.1) is 11.8 Å². The van der Waals surface area contributed by atoms with Gasteiger partial charge in [-0.3, -0.25) is 4.79 Å². The molecular formula is C30H41F2N3OS. The van der Waals surface area contributed by atoms with Crippen LogP contribution < -0.4 is 5.32 Å². The second-order valence-corrected chi connectivity index (χ2v) is 12.6. The number of aryl methyl sites for hydroxylation is 1. The first-order chi connectivity index (χ1) is 17.9. The largest absolute Gasteiger partial charge is 0.339 e. The van der Waals surface area contributed by atoms with E-state index in [1.54, 1.807) is 0 Å². The van der Waals surface area contributed by atoms with E-state index < -0.39 is 11.8 Å². The number of carbonyl (C=O) groups is 1. The number of amides is 1. The standard InChI is InChI=1S/C30H41F2N3OS/c1-3-10-24-26(37-28(34-24)27(31)32)30(2)19-33-18-23(30)29(36)35-16-15-22(20-11-6-4-7-12-20)17-25(35)21-13-8-5-9-14-21/h4,6-7,11-12,21-23,25,27,33H,3,5,8-10,13-19H2,1-2H3. The number of aromatic nitrogens is 1. The average molecular weight is 530 g/mol. The molecule has 4 unspecified atom stereocenters. The molecule has 1 aliphatic carbocycles. The van der Waals surface area contributed by atoms with Crippen molar-refractivity contribution in [2.75, 3.05) is 19.6 Å². The van der Waals surface area contributed by atoms with E-state index in [2.05, 4.69) is 59.4 Å². The van der Waals surface area contributed by atoms with Gasteiger partial charge in [0.15, 0.2) is 5.01 Å². The lowest BCUT2D eigenvalue weighted by Crippen LogP contribution is -2.54. The summed E-state index contributed by atoms with van der Waals surface area (Å²) >= 11 is 1.13. The molecule has 2 saturated heterocycles. The van der Waals surface area contributed by atoms with Gasteiger partial charge in [-0.1, -0.05) is 69.9 Å². The molecule has 1 amide bonds. The maximum atomic E-state index is 14.4. The van der Waals surface area contributed by atoms with Gasteiger partial charge in [-0.2, -0.15) is 0 Å². The number of likely N-dealkylation sites (tertiary alicyclic amines) is 1. The minimum absolute atomic E-state index is 0.110. The Hall–Kier alpha value is -1.86. The van der Waals surface area contributed by atoms with Crippen LogP contribution in [0.25, 0.3) is 0 Å². The summed E-state index contributed by atoms with van der Waals surface area (Å²) in [6.45, 7) is 6.15. The second-order valence-electron chi connectivity index (χ2n) is 11.6. The highest BCUT2D eigenvalue weighted by molar-refractivity contribution is 7.12. The van der Waals surface area contributed by atoms with Gasteiger partial charge in [-0.15, -0.1) is 11.3 Å². The van der Waals surface area contributed by atoms with Crippen LogP contribution in [0.3, 0.4) is 0 Å². The molecule has 4 nitrogen and oxygen atoms in total. The van der Waals surface area contributed by atoms with Gasteiger partial charge >= 0.3 is 0 Å². The molecule has 0 radical (unpaired) electrons. The summed E-state index contributed by atoms with van der Waals surface area (Å²) in [7, 11) is 0. The predicted molar refractivity (Wildman–Crippen MR) is 145 cm³/mol. The number of halogens is 2. The van der Waals surface area contributed by atoms with Crippen molar-refractivity contribution in [2.24, 2.45) is 11.8 Å². The van der Waals surface area contributed by atoms with E-state index in [0.29, 0.717) is 31.3 Å². The molecule has 3 heterocycles. The zero-order valence-electron chi connectivity index (χ0n) is 22.2. The van der Waals surface area contributed by atoms with E-state index in [1.165, 1.54) is 37.7 Å². The van der Waals surface area contributed by atoms with Crippen LogP contribution in [-0.4, -0.2) is 41.5 Å². The van der Waals surface area contributed by atoms with E-state index >= 15 is 0 Å². The lowest BCUT2D eigenvalue weighted by atomic mass is 9.73. The van der Waals surface area contributed by atoms with E-state index in [0.717, 1.165) is 47.7 Å². The monoisotopic (exact) mass is 529 g/mol. The fourth-order valence-corrected chi connectivity index (χ4v) is 8.37. The predicted octanol–water partition coefficient (Wildman–Crippen LogP) is 6.87. The van der Waals surface area contributed by atoms with Crippen LogP contribution >= 0.6 is 11.3 Å². The maximum Gasteiger partial charge on any atom is 0.289 e. The van der Waals surface area contributed by atoms with Gasteiger partial charge in [-0.05, 0) is 49.5 Å². The summed E-state index contributed by atoms with van der Waals surface area (Å²) in [4.78, 5) is 21.9. The summed E-state index contributed by atoms with van der Waals surface area (Å²) in [6.07, 6.45) is 7.13. The van der Waals surface area contributed by atoms with Crippen molar-refractivity contribution in [1.82, 2.24) is 15.2 Å². The summed E-state index contributed by atoms with van der Waals surface area (Å²) in [5.41, 5.74) is 1.63. The van der Waals surface area contributed by atoms with Crippen molar-refractivity contribution in [2.45, 2.75) is 95.4 Å². The second kappa shape index (κ2) is 11.5. The smallest absolute Gasteiger partial charge is 0.289 e. The van der Waals surface area contributed by atoms with Crippen LogP contribution in [0.15, 0.2) is 30.3 Å². The average Bonchev–Trinajstić information content (AvgIpc) is 3.54. The molecule has 0 bridgehead atoms. The van der Waals surface area contributed by atoms with Crippen molar-refractivity contribution < 1.29 is 13.6 Å². The maximum absolute atomic E-state index is 14.4. The minimum atomic E-state index is -2.57. The number of hydrogen-bond donors (Lipinski definition) is 1. The third-order valence-corrected chi connectivity index (χ3v) is 10.6. The quantitative estimate of drug-likeness (QED) is 0.426. The van der Waals surface area contributed by atoms with E-state index in [4.69, 9.17) is 0 Å². The molecule has 3 fully saturated rings. The first kappa shape index (κ1) is 26.7. The zero-order valence-corrected chi connectivity index (χ0v) is 23.0. The van der Waals surface area contributed by atoms with Crippen LogP contribution in [0.1, 0.15) is 98.7 Å². The SMILES string of the molecule is CCCc1nc(C(F)F)sc1C1(C)CNCC1C(=O)N1CCC(c2ccccc2)CC1C1CCCCC1. The Balaban J connectivity index is 1.43. The van der Waals surface area contributed by atoms with Crippen molar-refractivity contribution in [3.63, 3.8) is 0 Å². The van der Waals surface area contributed by atoms with Crippen LogP contribution in [-0.2, 0) is 16.6 Å². The summed E-state index contributed by atoms with van der Waals surface area (Å²) < 4.78 is 27.3. The minimum Gasteiger partial charge on any atom is -0.339 e. The lowest BCUT2D eigenvalue weighted by Gasteiger charge is -2.46. The Labute approximate surface area is 224 Å². The van der Waals surface area contributed by atoms with E-state index in [9.17, 15) is 13.6 Å². The molecule has 7 heteroatoms. The highest BCUT2D eigenvalue weighted by atomic mass is 32.1. The number of nitrogens with zero attached hydrogens (tertiary/aromatic N) is 2. The van der Waals surface area contributed by atoms with Gasteiger partial charge in [0, 0.05) is 36.0 Å². The molecule has 0 spiro atoms. The molecule has 2 aliphatic heterocycles. The van der Waals surface area contributed by atoms with E-state index in [1.807, 2.05) is 0 Å². The van der Waals surface area contributed by atoms with Crippen molar-refractivity contribution in [3.8, 4) is 0 Å². The number of rotatable bonds is 7. The van der Waals surface area contributed by atoms with Crippen molar-refractivity contribution in [1.29, 1.82) is 0 Å². The van der Waals surface area contributed by atoms with Gasteiger partial charge in [-0.25, -0.2) is 13.8 Å². The topological polar surface area (TPSA) is 45.2 Å². The molecule has 1 saturated carbocycles. The zero-order chi connectivity index (χ0) is 26.0. The molecule has 202 valence electrons. The summed E-state index contributed by atoms with van der Waals surface area (Å²) in [5.74, 6) is 0.989. The Bertz CT molecular complexity index is 1050. The van der Waals surface area contributed by atoms with Crippen LogP contribution in [0.4, 0.5) is 8.78 Å². The van der Waals surface area contributed by atoms with Crippen LogP contribution in [0.2, 0.25) is 0 Å². The summed E-state index contributed by atoms with van der Waals surface area (Å²) in [5, 5.41) is 3.35. The molecule has 37 heavy (non-hydrogen) atoms. The molecule has 3 aliphatic rings. The van der Waals surface area contributed by atoms with Crippen molar-refractivity contribution >= 4 is 17.2 Å². The number of benzene rings is 1. The van der Waals surface area contributed by atoms with Crippen molar-refractivity contribution in [3.05, 3.63) is 51.5 Å². The highest BCUT2D eigenvalue weighted by Crippen LogP contribution is 2.45. The molecule has 5 rings (SSSR count). The first-order valence-corrected chi connectivity index (χ1v) is 15.1. The highest BCUT2D eigenvalue weighted by Gasteiger charge is 2.50. The van der Waals surface area contributed by atoms with E-state index in [-0.39, 0.29) is 22.9 Å². The Morgan fingerprint density at radius 3 is 2.65 bits per heavy atom. The Kier molecular flexibility index (Phi) is 8.30. The Morgan fingerprint density at radius 1 is 1.19 bits per heavy atom. The normalized spacial score (nSPS) is 29.2. The fourth-order valence-electron chi connectivity index (χ4n) is 7.20. The van der Waals surface area contributed by atoms with Gasteiger partial charge in [0.2, 0.25) is 5.91 Å². The number of piperidine rings is 1. The molecular weight excluding hydrogens is 488 g/mol. The number of nitrogens with one attached hydrogen (secondary N) is 1. The number of hydrogen-bond acceptors (Lipinski definition) is 4. The molecule has 2 aromatic rings. The molecule has 1 aromatic carbocycles. The van der Waals surface area contributed by atoms with Gasteiger partial charge in [0.1, 0.15) is 0 Å². The van der Waals surface area contributed by atoms with Gasteiger partial charge < -0.3 is 10.2 Å².